The number of nitrogens with zero attached hydrogens (tertiary/aromatic N) is 1. The Balaban J connectivity index is 1.28. The van der Waals surface area contributed by atoms with E-state index in [2.05, 4.69) is 29.6 Å². The van der Waals surface area contributed by atoms with Crippen LogP contribution in [0.5, 0.6) is 17.2 Å². The van der Waals surface area contributed by atoms with Crippen molar-refractivity contribution >= 4 is 11.3 Å². The number of thiazole rings is 1. The second kappa shape index (κ2) is 8.65. The second-order valence-corrected chi connectivity index (χ2v) is 7.70. The maximum absolute atomic E-state index is 5.91. The van der Waals surface area contributed by atoms with Crippen LogP contribution in [0.15, 0.2) is 41.8 Å². The van der Waals surface area contributed by atoms with E-state index in [4.69, 9.17) is 14.2 Å². The Bertz CT molecular complexity index is 951. The lowest BCUT2D eigenvalue weighted by molar-refractivity contribution is 0.240. The number of aryl methyl sites for hydroxylation is 1. The van der Waals surface area contributed by atoms with E-state index in [-0.39, 0.29) is 0 Å². The minimum Gasteiger partial charge on any atom is -0.493 e. The van der Waals surface area contributed by atoms with Crippen molar-refractivity contribution in [2.75, 3.05) is 20.3 Å². The van der Waals surface area contributed by atoms with E-state index in [1.54, 1.807) is 18.4 Å². The Morgan fingerprint density at radius 1 is 0.964 bits per heavy atom. The zero-order valence-corrected chi connectivity index (χ0v) is 17.1. The first-order valence-corrected chi connectivity index (χ1v) is 10.4. The molecule has 28 heavy (non-hydrogen) atoms. The van der Waals surface area contributed by atoms with E-state index >= 15 is 0 Å². The van der Waals surface area contributed by atoms with Gasteiger partial charge in [-0.2, -0.15) is 0 Å². The van der Waals surface area contributed by atoms with Gasteiger partial charge >= 0.3 is 0 Å². The third-order valence-electron chi connectivity index (χ3n) is 4.75. The number of hydrogen-bond donors (Lipinski definition) is 0. The summed E-state index contributed by atoms with van der Waals surface area (Å²) < 4.78 is 17.3. The standard InChI is InChI=1S/C23H24NO3S/c1-16-15-28-23(24-16)19-8-10-21(22(14-19)25-2)27-12-4-11-26-20-9-7-17-5-3-6-18(17)13-20/h3,7-10,13-15H,4-6,11-12H2,1-2H3. The number of methoxy groups -OCH3 is 1. The quantitative estimate of drug-likeness (QED) is 0.488. The topological polar surface area (TPSA) is 40.6 Å². The number of aromatic nitrogens is 1. The molecule has 0 fully saturated rings. The van der Waals surface area contributed by atoms with Gasteiger partial charge in [-0.3, -0.25) is 0 Å². The highest BCUT2D eigenvalue weighted by Crippen LogP contribution is 2.34. The van der Waals surface area contributed by atoms with Crippen LogP contribution in [0.2, 0.25) is 0 Å². The van der Waals surface area contributed by atoms with Crippen LogP contribution in [0.25, 0.3) is 10.6 Å². The summed E-state index contributed by atoms with van der Waals surface area (Å²) in [7, 11) is 1.66. The Hall–Kier alpha value is -2.53. The van der Waals surface area contributed by atoms with Gasteiger partial charge in [-0.1, -0.05) is 6.07 Å². The van der Waals surface area contributed by atoms with Crippen molar-refractivity contribution in [3.63, 3.8) is 0 Å². The molecule has 0 saturated carbocycles. The molecule has 0 N–H and O–H groups in total. The molecule has 1 radical (unpaired) electrons. The monoisotopic (exact) mass is 394 g/mol. The van der Waals surface area contributed by atoms with Crippen LogP contribution in [0, 0.1) is 13.3 Å². The number of benzene rings is 2. The molecule has 0 unspecified atom stereocenters. The Morgan fingerprint density at radius 2 is 1.82 bits per heavy atom. The van der Waals surface area contributed by atoms with E-state index in [0.717, 1.165) is 52.8 Å². The third-order valence-corrected chi connectivity index (χ3v) is 5.76. The van der Waals surface area contributed by atoms with Crippen molar-refractivity contribution in [2.45, 2.75) is 26.2 Å². The molecule has 0 spiro atoms. The van der Waals surface area contributed by atoms with Gasteiger partial charge in [-0.25, -0.2) is 4.98 Å². The summed E-state index contributed by atoms with van der Waals surface area (Å²) in [5, 5.41) is 3.04. The molecular formula is C23H24NO3S. The van der Waals surface area contributed by atoms with E-state index in [0.29, 0.717) is 13.2 Å². The molecule has 2 aromatic carbocycles. The van der Waals surface area contributed by atoms with E-state index in [9.17, 15) is 0 Å². The van der Waals surface area contributed by atoms with Gasteiger partial charge in [-0.15, -0.1) is 11.3 Å². The van der Waals surface area contributed by atoms with Crippen molar-refractivity contribution in [1.82, 2.24) is 4.98 Å². The fourth-order valence-electron chi connectivity index (χ4n) is 3.30. The first kappa shape index (κ1) is 18.8. The molecule has 1 aliphatic rings. The van der Waals surface area contributed by atoms with Gasteiger partial charge in [0.25, 0.3) is 0 Å². The fraction of sp³-hybridized carbons (Fsp3) is 0.304. The summed E-state index contributed by atoms with van der Waals surface area (Å²) >= 11 is 1.63. The van der Waals surface area contributed by atoms with Crippen LogP contribution in [-0.2, 0) is 12.8 Å². The fourth-order valence-corrected chi connectivity index (χ4v) is 4.10. The summed E-state index contributed by atoms with van der Waals surface area (Å²) in [4.78, 5) is 4.53. The SMILES string of the molecule is COc1cc(-c2nc(C)cs2)ccc1OCCCOc1ccc2c(c1)C[CH]C2. The largest absolute Gasteiger partial charge is 0.493 e. The van der Waals surface area contributed by atoms with Crippen molar-refractivity contribution in [3.8, 4) is 27.8 Å². The highest BCUT2D eigenvalue weighted by molar-refractivity contribution is 7.13. The molecule has 0 atom stereocenters. The second-order valence-electron chi connectivity index (χ2n) is 6.84. The van der Waals surface area contributed by atoms with Gasteiger partial charge in [0.1, 0.15) is 10.8 Å². The van der Waals surface area contributed by atoms with Crippen LogP contribution in [0.3, 0.4) is 0 Å². The first-order valence-electron chi connectivity index (χ1n) is 9.52. The van der Waals surface area contributed by atoms with E-state index in [1.165, 1.54) is 11.1 Å². The highest BCUT2D eigenvalue weighted by Gasteiger charge is 2.12. The van der Waals surface area contributed by atoms with Crippen LogP contribution in [-0.4, -0.2) is 25.3 Å². The van der Waals surface area contributed by atoms with Gasteiger partial charge in [0, 0.05) is 23.1 Å². The van der Waals surface area contributed by atoms with Gasteiger partial charge in [-0.05, 0) is 67.6 Å². The predicted octanol–water partition coefficient (Wildman–Crippen LogP) is 5.28. The minimum absolute atomic E-state index is 0.574. The van der Waals surface area contributed by atoms with Gasteiger partial charge in [0.2, 0.25) is 0 Å². The number of ether oxygens (including phenoxy) is 3. The zero-order valence-electron chi connectivity index (χ0n) is 16.2. The van der Waals surface area contributed by atoms with Crippen LogP contribution >= 0.6 is 11.3 Å². The highest BCUT2D eigenvalue weighted by atomic mass is 32.1. The van der Waals surface area contributed by atoms with E-state index in [1.807, 2.05) is 30.5 Å². The first-order chi connectivity index (χ1) is 13.7. The molecule has 4 nitrogen and oxygen atoms in total. The zero-order chi connectivity index (χ0) is 19.3. The summed E-state index contributed by atoms with van der Waals surface area (Å²) in [6, 6.07) is 12.3. The smallest absolute Gasteiger partial charge is 0.161 e. The molecule has 1 aromatic heterocycles. The molecular weight excluding hydrogens is 370 g/mol. The van der Waals surface area contributed by atoms with Crippen molar-refractivity contribution in [3.05, 3.63) is 65.0 Å². The molecule has 0 bridgehead atoms. The van der Waals surface area contributed by atoms with Crippen LogP contribution in [0.1, 0.15) is 23.2 Å². The number of fused-ring (bicyclic) bond motifs is 1. The van der Waals surface area contributed by atoms with Gasteiger partial charge in [0.15, 0.2) is 11.5 Å². The Labute approximate surface area is 170 Å². The Kier molecular flexibility index (Phi) is 5.81. The molecule has 0 amide bonds. The van der Waals surface area contributed by atoms with Gasteiger partial charge < -0.3 is 14.2 Å². The average molecular weight is 395 g/mol. The molecule has 145 valence electrons. The van der Waals surface area contributed by atoms with Crippen molar-refractivity contribution < 1.29 is 14.2 Å². The predicted molar refractivity (Wildman–Crippen MR) is 113 cm³/mol. The normalized spacial score (nSPS) is 12.6. The van der Waals surface area contributed by atoms with Gasteiger partial charge in [0.05, 0.1) is 20.3 Å². The number of rotatable bonds is 8. The molecule has 3 aromatic rings. The van der Waals surface area contributed by atoms with Crippen molar-refractivity contribution in [1.29, 1.82) is 0 Å². The third kappa shape index (κ3) is 4.30. The molecule has 0 saturated heterocycles. The lowest BCUT2D eigenvalue weighted by Gasteiger charge is -2.12. The maximum atomic E-state index is 5.91. The summed E-state index contributed by atoms with van der Waals surface area (Å²) in [6.45, 7) is 3.20. The molecule has 5 heteroatoms. The summed E-state index contributed by atoms with van der Waals surface area (Å²) in [5.74, 6) is 2.41. The van der Waals surface area contributed by atoms with Crippen molar-refractivity contribution in [2.24, 2.45) is 0 Å². The molecule has 1 heterocycles. The van der Waals surface area contributed by atoms with Crippen LogP contribution in [0.4, 0.5) is 0 Å². The summed E-state index contributed by atoms with van der Waals surface area (Å²) in [6.07, 6.45) is 5.23. The minimum atomic E-state index is 0.574. The molecule has 0 aliphatic heterocycles. The number of hydrogen-bond acceptors (Lipinski definition) is 5. The lowest BCUT2D eigenvalue weighted by Crippen LogP contribution is -2.06. The average Bonchev–Trinajstić information content (AvgIpc) is 3.36. The lowest BCUT2D eigenvalue weighted by atomic mass is 10.1. The maximum Gasteiger partial charge on any atom is 0.161 e. The molecule has 1 aliphatic carbocycles. The summed E-state index contributed by atoms with van der Waals surface area (Å²) in [5.41, 5.74) is 4.87. The molecule has 4 rings (SSSR count). The Morgan fingerprint density at radius 3 is 2.64 bits per heavy atom. The van der Waals surface area contributed by atoms with Crippen LogP contribution < -0.4 is 14.2 Å². The van der Waals surface area contributed by atoms with E-state index < -0.39 is 0 Å².